The van der Waals surface area contributed by atoms with Crippen molar-refractivity contribution >= 4 is 26.7 Å². The van der Waals surface area contributed by atoms with E-state index in [-0.39, 0.29) is 5.56 Å². The van der Waals surface area contributed by atoms with E-state index in [4.69, 9.17) is 5.14 Å². The van der Waals surface area contributed by atoms with Gasteiger partial charge in [0.05, 0.1) is 5.69 Å². The third-order valence-corrected chi connectivity index (χ3v) is 6.40. The molecule has 4 rings (SSSR count). The van der Waals surface area contributed by atoms with Crippen molar-refractivity contribution in [3.8, 4) is 5.69 Å². The smallest absolute Gasteiger partial charge is 0.274 e. The molecule has 7 nitrogen and oxygen atoms in total. The van der Waals surface area contributed by atoms with Crippen LogP contribution in [0.4, 0.5) is 5.69 Å². The van der Waals surface area contributed by atoms with Crippen LogP contribution >= 0.6 is 0 Å². The lowest BCUT2D eigenvalue weighted by molar-refractivity contribution is 0.384. The number of nitrogens with two attached hydrogens (primary N) is 1. The lowest BCUT2D eigenvalue weighted by atomic mass is 9.94. The molecular formula is C22H26N4O3S. The molecule has 0 aliphatic carbocycles. The van der Waals surface area contributed by atoms with E-state index in [2.05, 4.69) is 22.6 Å². The van der Waals surface area contributed by atoms with Gasteiger partial charge in [0, 0.05) is 42.3 Å². The van der Waals surface area contributed by atoms with Gasteiger partial charge in [-0.25, -0.2) is 9.86 Å². The Balaban J connectivity index is 1.68. The van der Waals surface area contributed by atoms with Crippen LogP contribution in [0.5, 0.6) is 0 Å². The fourth-order valence-electron chi connectivity index (χ4n) is 3.97. The molecule has 0 bridgehead atoms. The second-order valence-electron chi connectivity index (χ2n) is 8.01. The number of pyridine rings is 1. The van der Waals surface area contributed by atoms with Gasteiger partial charge in [-0.15, -0.1) is 0 Å². The molecule has 30 heavy (non-hydrogen) atoms. The number of aryl methyl sites for hydroxylation is 2. The van der Waals surface area contributed by atoms with Gasteiger partial charge >= 0.3 is 0 Å². The summed E-state index contributed by atoms with van der Waals surface area (Å²) in [5.74, 6) is 0.373. The molecule has 1 aromatic heterocycles. The summed E-state index contributed by atoms with van der Waals surface area (Å²) in [5, 5.41) is 6.65. The summed E-state index contributed by atoms with van der Waals surface area (Å²) in [6, 6.07) is 13.7. The van der Waals surface area contributed by atoms with Gasteiger partial charge in [0.25, 0.3) is 15.8 Å². The molecule has 1 fully saturated rings. The molecule has 0 spiro atoms. The van der Waals surface area contributed by atoms with Gasteiger partial charge in [0.2, 0.25) is 0 Å². The second-order valence-corrected chi connectivity index (χ2v) is 9.38. The topological polar surface area (TPSA) is 97.4 Å². The molecule has 0 saturated carbocycles. The Morgan fingerprint density at radius 3 is 2.33 bits per heavy atom. The lowest BCUT2D eigenvalue weighted by Gasteiger charge is -2.42. The summed E-state index contributed by atoms with van der Waals surface area (Å²) < 4.78 is 26.1. The number of para-hydroxylation sites is 1. The minimum absolute atomic E-state index is 0.0301. The van der Waals surface area contributed by atoms with E-state index < -0.39 is 10.2 Å². The number of nitrogens with one attached hydrogen (secondary N) is 1. The minimum Gasteiger partial charge on any atom is -0.369 e. The summed E-state index contributed by atoms with van der Waals surface area (Å²) in [6.07, 6.45) is 2.65. The highest BCUT2D eigenvalue weighted by atomic mass is 32.2. The first-order valence-electron chi connectivity index (χ1n) is 9.97. The predicted molar refractivity (Wildman–Crippen MR) is 120 cm³/mol. The van der Waals surface area contributed by atoms with E-state index in [1.807, 2.05) is 49.5 Å². The van der Waals surface area contributed by atoms with Gasteiger partial charge < -0.3 is 4.90 Å². The molecule has 1 saturated heterocycles. The van der Waals surface area contributed by atoms with Crippen molar-refractivity contribution in [2.24, 2.45) is 11.1 Å². The fraction of sp³-hybridized carbons (Fsp3) is 0.318. The second kappa shape index (κ2) is 7.86. The lowest BCUT2D eigenvalue weighted by Crippen LogP contribution is -2.48. The van der Waals surface area contributed by atoms with Crippen molar-refractivity contribution in [2.45, 2.75) is 20.3 Å². The van der Waals surface area contributed by atoms with E-state index in [1.165, 1.54) is 0 Å². The van der Waals surface area contributed by atoms with E-state index in [9.17, 15) is 13.2 Å². The first-order valence-corrected chi connectivity index (χ1v) is 11.5. The van der Waals surface area contributed by atoms with Crippen LogP contribution < -0.4 is 20.3 Å². The maximum Gasteiger partial charge on any atom is 0.274 e. The average molecular weight is 427 g/mol. The number of hydrogen-bond donors (Lipinski definition) is 2. The quantitative estimate of drug-likeness (QED) is 0.632. The van der Waals surface area contributed by atoms with Crippen LogP contribution in [0.15, 0.2) is 53.5 Å². The number of fused-ring (bicyclic) bond motifs is 1. The largest absolute Gasteiger partial charge is 0.369 e. The molecular weight excluding hydrogens is 400 g/mol. The van der Waals surface area contributed by atoms with Crippen LogP contribution in [-0.2, 0) is 10.2 Å². The Bertz CT molecular complexity index is 1250. The zero-order chi connectivity index (χ0) is 21.5. The average Bonchev–Trinajstić information content (AvgIpc) is 2.66. The molecule has 8 heteroatoms. The summed E-state index contributed by atoms with van der Waals surface area (Å²) in [4.78, 5) is 15.5. The number of aromatic nitrogens is 1. The van der Waals surface area contributed by atoms with Crippen LogP contribution in [0.25, 0.3) is 16.5 Å². The molecule has 2 heterocycles. The van der Waals surface area contributed by atoms with Crippen molar-refractivity contribution in [3.63, 3.8) is 0 Å². The third-order valence-electron chi connectivity index (χ3n) is 5.80. The summed E-state index contributed by atoms with van der Waals surface area (Å²) in [6.45, 7) is 6.02. The van der Waals surface area contributed by atoms with Crippen molar-refractivity contribution in [2.75, 3.05) is 24.5 Å². The normalized spacial score (nSPS) is 14.8. The summed E-state index contributed by atoms with van der Waals surface area (Å²) >= 11 is 0. The molecule has 0 atom stereocenters. The van der Waals surface area contributed by atoms with Crippen molar-refractivity contribution in [1.82, 2.24) is 9.29 Å². The zero-order valence-electron chi connectivity index (χ0n) is 17.1. The van der Waals surface area contributed by atoms with Gasteiger partial charge in [-0.3, -0.25) is 9.36 Å². The van der Waals surface area contributed by atoms with Crippen LogP contribution in [0.3, 0.4) is 0 Å². The van der Waals surface area contributed by atoms with E-state index >= 15 is 0 Å². The van der Waals surface area contributed by atoms with E-state index in [0.717, 1.165) is 47.4 Å². The van der Waals surface area contributed by atoms with Gasteiger partial charge in [-0.2, -0.15) is 8.42 Å². The van der Waals surface area contributed by atoms with Crippen LogP contribution in [0.1, 0.15) is 17.5 Å². The standard InChI is InChI=1S/C22H26N4O3S/c1-15-10-19-20(11-16(15)2)22(27)26(18-6-4-3-5-7-18)14-21(19)25-12-17(13-25)8-9-24-30(23,28)29/h3-7,10-11,14,17,24H,8-9,12-13H2,1-2H3,(H2,23,28,29). The Morgan fingerprint density at radius 2 is 1.70 bits per heavy atom. The minimum atomic E-state index is -3.65. The molecule has 1 aliphatic heterocycles. The first-order chi connectivity index (χ1) is 14.2. The maximum absolute atomic E-state index is 13.2. The van der Waals surface area contributed by atoms with Crippen molar-refractivity contribution in [3.05, 3.63) is 70.1 Å². The highest BCUT2D eigenvalue weighted by Gasteiger charge is 2.29. The van der Waals surface area contributed by atoms with Crippen molar-refractivity contribution < 1.29 is 8.42 Å². The maximum atomic E-state index is 13.2. The molecule has 0 amide bonds. The molecule has 3 N–H and O–H groups in total. The highest BCUT2D eigenvalue weighted by Crippen LogP contribution is 2.33. The first kappa shape index (κ1) is 20.6. The zero-order valence-corrected chi connectivity index (χ0v) is 17.9. The summed E-state index contributed by atoms with van der Waals surface area (Å²) in [5.41, 5.74) is 4.06. The number of benzene rings is 2. The van der Waals surface area contributed by atoms with Crippen LogP contribution in [0, 0.1) is 19.8 Å². The highest BCUT2D eigenvalue weighted by molar-refractivity contribution is 7.87. The molecule has 1 aliphatic rings. The van der Waals surface area contributed by atoms with Gasteiger partial charge in [0.1, 0.15) is 0 Å². The molecule has 0 radical (unpaired) electrons. The Labute approximate surface area is 176 Å². The Hall–Kier alpha value is -2.68. The molecule has 0 unspecified atom stereocenters. The van der Waals surface area contributed by atoms with Crippen molar-refractivity contribution in [1.29, 1.82) is 0 Å². The molecule has 3 aromatic rings. The number of anilines is 1. The predicted octanol–water partition coefficient (Wildman–Crippen LogP) is 2.23. The van der Waals surface area contributed by atoms with Gasteiger partial charge in [-0.05, 0) is 61.6 Å². The Morgan fingerprint density at radius 1 is 1.07 bits per heavy atom. The number of rotatable bonds is 6. The van der Waals surface area contributed by atoms with Gasteiger partial charge in [-0.1, -0.05) is 18.2 Å². The fourth-order valence-corrected chi connectivity index (χ4v) is 4.37. The molecule has 2 aromatic carbocycles. The monoisotopic (exact) mass is 426 g/mol. The van der Waals surface area contributed by atoms with E-state index in [1.54, 1.807) is 4.57 Å². The molecule has 158 valence electrons. The number of nitrogens with zero attached hydrogens (tertiary/aromatic N) is 2. The van der Waals surface area contributed by atoms with Crippen LogP contribution in [0.2, 0.25) is 0 Å². The van der Waals surface area contributed by atoms with E-state index in [0.29, 0.717) is 17.8 Å². The number of hydrogen-bond acceptors (Lipinski definition) is 4. The van der Waals surface area contributed by atoms with Crippen LogP contribution in [-0.4, -0.2) is 32.6 Å². The Kier molecular flexibility index (Phi) is 5.40. The third kappa shape index (κ3) is 4.12. The van der Waals surface area contributed by atoms with Gasteiger partial charge in [0.15, 0.2) is 0 Å². The SMILES string of the molecule is Cc1cc2c(N3CC(CCNS(N)(=O)=O)C3)cn(-c3ccccc3)c(=O)c2cc1C. The summed E-state index contributed by atoms with van der Waals surface area (Å²) in [7, 11) is -3.65.